The molecule has 226 valence electrons. The van der Waals surface area contributed by atoms with Crippen LogP contribution in [-0.2, 0) is 12.8 Å². The molecule has 3 aromatic rings. The number of hydrogen-bond donors (Lipinski definition) is 0. The first-order valence-corrected chi connectivity index (χ1v) is 18.0. The number of unbranched alkanes of at least 4 members (excludes halogenated alkanes) is 4. The van der Waals surface area contributed by atoms with Gasteiger partial charge in [-0.1, -0.05) is 138 Å². The minimum atomic E-state index is 0.772. The largest absolute Gasteiger partial charge is 0.0654 e. The van der Waals surface area contributed by atoms with E-state index in [0.717, 1.165) is 36.5 Å². The summed E-state index contributed by atoms with van der Waals surface area (Å²) in [5.74, 6) is 3.54. The fraction of sp³-hybridized carbons (Fsp3) is 0.571. The number of aryl methyl sites for hydroxylation is 2. The summed E-state index contributed by atoms with van der Waals surface area (Å²) < 4.78 is 0. The van der Waals surface area contributed by atoms with Gasteiger partial charge >= 0.3 is 0 Å². The van der Waals surface area contributed by atoms with E-state index in [1.54, 1.807) is 11.1 Å². The zero-order valence-electron chi connectivity index (χ0n) is 27.0. The summed E-state index contributed by atoms with van der Waals surface area (Å²) in [6.45, 7) is 4.63. The molecular weight excluding hydrogens is 504 g/mol. The molecule has 0 saturated heterocycles. The van der Waals surface area contributed by atoms with Gasteiger partial charge in [-0.2, -0.15) is 0 Å². The zero-order chi connectivity index (χ0) is 29.0. The van der Waals surface area contributed by atoms with Crippen molar-refractivity contribution in [1.82, 2.24) is 0 Å². The van der Waals surface area contributed by atoms with Crippen molar-refractivity contribution in [2.24, 2.45) is 11.8 Å². The molecule has 2 saturated carbocycles. The van der Waals surface area contributed by atoms with E-state index in [9.17, 15) is 0 Å². The van der Waals surface area contributed by atoms with Gasteiger partial charge < -0.3 is 0 Å². The third-order valence-corrected chi connectivity index (χ3v) is 10.9. The maximum absolute atomic E-state index is 2.43. The summed E-state index contributed by atoms with van der Waals surface area (Å²) in [6, 6.07) is 28.6. The molecule has 2 aliphatic carbocycles. The maximum atomic E-state index is 2.43. The summed E-state index contributed by atoms with van der Waals surface area (Å²) in [7, 11) is 0. The van der Waals surface area contributed by atoms with Crippen molar-refractivity contribution in [2.45, 2.75) is 141 Å². The van der Waals surface area contributed by atoms with Crippen LogP contribution >= 0.6 is 0 Å². The molecule has 0 aliphatic heterocycles. The van der Waals surface area contributed by atoms with Gasteiger partial charge in [0.15, 0.2) is 0 Å². The molecule has 0 atom stereocenters. The van der Waals surface area contributed by atoms with E-state index in [1.807, 2.05) is 0 Å². The normalized spacial score (nSPS) is 22.7. The molecule has 0 N–H and O–H groups in total. The van der Waals surface area contributed by atoms with Crippen LogP contribution < -0.4 is 0 Å². The monoisotopic (exact) mass is 562 g/mol. The lowest BCUT2D eigenvalue weighted by Crippen LogP contribution is -2.13. The fourth-order valence-corrected chi connectivity index (χ4v) is 7.99. The standard InChI is InChI=1S/C42H58/c1-3-5-7-9-33-13-21-37(22-14-33)38-25-17-35(18-26-38)11-12-36-19-27-40(28-20-36)42-31-29-41(30-32-42)39-23-15-34(16-24-39)10-8-6-4-2/h17-20,25-34,37,39H,3-16,21-24H2,1-2H3. The Labute approximate surface area is 258 Å². The lowest BCUT2D eigenvalue weighted by Gasteiger charge is -2.29. The van der Waals surface area contributed by atoms with Crippen molar-refractivity contribution in [3.05, 3.63) is 95.1 Å². The Hall–Kier alpha value is -2.34. The van der Waals surface area contributed by atoms with Crippen LogP contribution in [0.5, 0.6) is 0 Å². The van der Waals surface area contributed by atoms with Crippen LogP contribution in [0, 0.1) is 11.8 Å². The minimum absolute atomic E-state index is 0.772. The molecule has 0 spiro atoms. The summed E-state index contributed by atoms with van der Waals surface area (Å²) >= 11 is 0. The van der Waals surface area contributed by atoms with Gasteiger partial charge in [0.25, 0.3) is 0 Å². The summed E-state index contributed by atoms with van der Waals surface area (Å²) in [5.41, 5.74) is 8.75. The van der Waals surface area contributed by atoms with Crippen LogP contribution in [0.1, 0.15) is 151 Å². The highest BCUT2D eigenvalue weighted by atomic mass is 14.3. The van der Waals surface area contributed by atoms with E-state index in [0.29, 0.717) is 0 Å². The van der Waals surface area contributed by atoms with Crippen LogP contribution in [0.4, 0.5) is 0 Å². The second-order valence-corrected chi connectivity index (χ2v) is 14.0. The van der Waals surface area contributed by atoms with Gasteiger partial charge in [0.1, 0.15) is 0 Å². The van der Waals surface area contributed by atoms with Gasteiger partial charge in [-0.25, -0.2) is 0 Å². The van der Waals surface area contributed by atoms with E-state index in [4.69, 9.17) is 0 Å². The Kier molecular flexibility index (Phi) is 12.2. The number of hydrogen-bond acceptors (Lipinski definition) is 0. The minimum Gasteiger partial charge on any atom is -0.0654 e. The third-order valence-electron chi connectivity index (χ3n) is 10.9. The van der Waals surface area contributed by atoms with Crippen molar-refractivity contribution in [1.29, 1.82) is 0 Å². The molecule has 0 bridgehead atoms. The molecule has 0 amide bonds. The van der Waals surface area contributed by atoms with Crippen LogP contribution in [0.25, 0.3) is 11.1 Å². The average molecular weight is 563 g/mol. The molecule has 3 aromatic carbocycles. The molecule has 0 radical (unpaired) electrons. The molecule has 0 unspecified atom stereocenters. The predicted molar refractivity (Wildman–Crippen MR) is 183 cm³/mol. The van der Waals surface area contributed by atoms with Gasteiger partial charge in [-0.3, -0.25) is 0 Å². The van der Waals surface area contributed by atoms with Crippen molar-refractivity contribution >= 4 is 0 Å². The molecule has 2 aliphatic rings. The van der Waals surface area contributed by atoms with E-state index < -0.39 is 0 Å². The molecule has 2 fully saturated rings. The lowest BCUT2D eigenvalue weighted by molar-refractivity contribution is 0.303. The predicted octanol–water partition coefficient (Wildman–Crippen LogP) is 12.8. The summed E-state index contributed by atoms with van der Waals surface area (Å²) in [6.07, 6.45) is 24.9. The first-order valence-electron chi connectivity index (χ1n) is 18.0. The van der Waals surface area contributed by atoms with Crippen LogP contribution in [0.2, 0.25) is 0 Å². The van der Waals surface area contributed by atoms with E-state index in [2.05, 4.69) is 86.6 Å². The number of benzene rings is 3. The summed E-state index contributed by atoms with van der Waals surface area (Å²) in [4.78, 5) is 0. The topological polar surface area (TPSA) is 0 Å². The first-order chi connectivity index (χ1) is 20.7. The molecule has 0 heterocycles. The second-order valence-electron chi connectivity index (χ2n) is 14.0. The Morgan fingerprint density at radius 2 is 0.786 bits per heavy atom. The highest BCUT2D eigenvalue weighted by molar-refractivity contribution is 5.64. The zero-order valence-corrected chi connectivity index (χ0v) is 27.0. The molecule has 0 heteroatoms. The molecule has 0 aromatic heterocycles. The van der Waals surface area contributed by atoms with E-state index >= 15 is 0 Å². The Morgan fingerprint density at radius 3 is 1.19 bits per heavy atom. The Balaban J connectivity index is 1.05. The van der Waals surface area contributed by atoms with Crippen LogP contribution in [-0.4, -0.2) is 0 Å². The second kappa shape index (κ2) is 16.5. The molecule has 5 rings (SSSR count). The Morgan fingerprint density at radius 1 is 0.429 bits per heavy atom. The summed E-state index contributed by atoms with van der Waals surface area (Å²) in [5, 5.41) is 0. The lowest BCUT2D eigenvalue weighted by atomic mass is 9.77. The van der Waals surface area contributed by atoms with Gasteiger partial charge in [-0.05, 0) is 121 Å². The Bertz CT molecular complexity index is 1140. The first kappa shape index (κ1) is 31.1. The third kappa shape index (κ3) is 9.08. The van der Waals surface area contributed by atoms with Gasteiger partial charge in [0.05, 0.1) is 0 Å². The van der Waals surface area contributed by atoms with Crippen molar-refractivity contribution in [3.8, 4) is 11.1 Å². The SMILES string of the molecule is CCCCCC1CCC(c2ccc(CCc3ccc(-c4ccc(C5CCC(CCCCC)CC5)cc4)cc3)cc2)CC1. The molecule has 42 heavy (non-hydrogen) atoms. The number of rotatable bonds is 14. The van der Waals surface area contributed by atoms with E-state index in [1.165, 1.54) is 125 Å². The highest BCUT2D eigenvalue weighted by Crippen LogP contribution is 2.39. The van der Waals surface area contributed by atoms with Gasteiger partial charge in [0.2, 0.25) is 0 Å². The van der Waals surface area contributed by atoms with Gasteiger partial charge in [-0.15, -0.1) is 0 Å². The fourth-order valence-electron chi connectivity index (χ4n) is 7.99. The highest BCUT2D eigenvalue weighted by Gasteiger charge is 2.23. The van der Waals surface area contributed by atoms with Gasteiger partial charge in [0, 0.05) is 0 Å². The van der Waals surface area contributed by atoms with Crippen molar-refractivity contribution in [2.75, 3.05) is 0 Å². The molecule has 0 nitrogen and oxygen atoms in total. The molecular formula is C42H58. The van der Waals surface area contributed by atoms with Crippen molar-refractivity contribution < 1.29 is 0 Å². The van der Waals surface area contributed by atoms with E-state index in [-0.39, 0.29) is 0 Å². The smallest absolute Gasteiger partial charge is 0.0162 e. The van der Waals surface area contributed by atoms with Crippen LogP contribution in [0.3, 0.4) is 0 Å². The van der Waals surface area contributed by atoms with Crippen molar-refractivity contribution in [3.63, 3.8) is 0 Å². The average Bonchev–Trinajstić information content (AvgIpc) is 3.05. The quantitative estimate of drug-likeness (QED) is 0.171. The maximum Gasteiger partial charge on any atom is -0.0162 e. The van der Waals surface area contributed by atoms with Crippen LogP contribution in [0.15, 0.2) is 72.8 Å².